The van der Waals surface area contributed by atoms with Gasteiger partial charge < -0.3 is 20.0 Å². The molecule has 2 atom stereocenters. The summed E-state index contributed by atoms with van der Waals surface area (Å²) in [4.78, 5) is 31.8. The molecule has 9 heteroatoms. The van der Waals surface area contributed by atoms with Crippen molar-refractivity contribution in [2.24, 2.45) is 5.41 Å². The van der Waals surface area contributed by atoms with Gasteiger partial charge in [0.25, 0.3) is 5.91 Å². The van der Waals surface area contributed by atoms with Crippen LogP contribution in [0, 0.1) is 5.41 Å². The summed E-state index contributed by atoms with van der Waals surface area (Å²) < 4.78 is 7.12. The normalized spacial score (nSPS) is 22.7. The number of hydrogen-bond acceptors (Lipinski definition) is 5. The lowest BCUT2D eigenvalue weighted by Crippen LogP contribution is -2.49. The molecule has 0 radical (unpaired) electrons. The maximum atomic E-state index is 12.8. The Hall–Kier alpha value is -3.62. The van der Waals surface area contributed by atoms with E-state index in [1.807, 2.05) is 35.0 Å². The van der Waals surface area contributed by atoms with Gasteiger partial charge in [-0.2, -0.15) is 5.10 Å². The lowest BCUT2D eigenvalue weighted by molar-refractivity contribution is 0.0704. The number of hydrogen-bond donors (Lipinski definition) is 2. The van der Waals surface area contributed by atoms with E-state index in [4.69, 9.17) is 4.42 Å². The maximum Gasteiger partial charge on any atom is 0.319 e. The molecule has 1 aromatic carbocycles. The summed E-state index contributed by atoms with van der Waals surface area (Å²) in [6.07, 6.45) is 4.57. The average molecular weight is 406 g/mol. The molecule has 2 aliphatic heterocycles. The molecule has 2 aliphatic rings. The summed E-state index contributed by atoms with van der Waals surface area (Å²) in [5.74, 6) is 0.922. The van der Waals surface area contributed by atoms with Crippen molar-refractivity contribution in [3.63, 3.8) is 0 Å². The fraction of sp³-hybridized carbons (Fsp3) is 0.333. The molecule has 2 N–H and O–H groups in total. The Kier molecular flexibility index (Phi) is 4.50. The minimum absolute atomic E-state index is 0.128. The van der Waals surface area contributed by atoms with Crippen LogP contribution in [0.2, 0.25) is 0 Å². The minimum Gasteiger partial charge on any atom is -0.459 e. The number of aryl methyl sites for hydroxylation is 1. The zero-order valence-corrected chi connectivity index (χ0v) is 16.3. The van der Waals surface area contributed by atoms with Gasteiger partial charge in [-0.1, -0.05) is 18.2 Å². The van der Waals surface area contributed by atoms with Crippen LogP contribution in [0.4, 0.5) is 10.5 Å². The molecule has 9 nitrogen and oxygen atoms in total. The van der Waals surface area contributed by atoms with Crippen LogP contribution in [0.3, 0.4) is 0 Å². The second-order valence-corrected chi connectivity index (χ2v) is 7.81. The van der Waals surface area contributed by atoms with Gasteiger partial charge in [-0.3, -0.25) is 4.79 Å². The van der Waals surface area contributed by atoms with E-state index in [1.165, 1.54) is 12.6 Å². The zero-order valence-electron chi connectivity index (χ0n) is 16.3. The molecule has 0 bridgehead atoms. The highest BCUT2D eigenvalue weighted by atomic mass is 16.3. The van der Waals surface area contributed by atoms with Crippen LogP contribution < -0.4 is 10.6 Å². The van der Waals surface area contributed by atoms with Gasteiger partial charge in [0.05, 0.1) is 12.3 Å². The van der Waals surface area contributed by atoms with Crippen LogP contribution in [0.1, 0.15) is 35.3 Å². The molecule has 3 aromatic rings. The standard InChI is InChI=1S/C21H22N6O3/c28-19(16-7-4-12-30-16)26-10-8-21(13-26)9-11-27-18(22-14-23-27)17(21)25-20(29)24-15-5-2-1-3-6-15/h1-7,12,14,17H,8-11,13H2,(H2,24,25,29). The fourth-order valence-electron chi connectivity index (χ4n) is 4.52. The van der Waals surface area contributed by atoms with E-state index in [-0.39, 0.29) is 23.4 Å². The van der Waals surface area contributed by atoms with Crippen molar-refractivity contribution in [3.05, 3.63) is 66.6 Å². The second kappa shape index (κ2) is 7.33. The van der Waals surface area contributed by atoms with E-state index >= 15 is 0 Å². The number of furan rings is 1. The number of nitrogens with one attached hydrogen (secondary N) is 2. The van der Waals surface area contributed by atoms with Crippen LogP contribution >= 0.6 is 0 Å². The van der Waals surface area contributed by atoms with Gasteiger partial charge in [0.2, 0.25) is 0 Å². The number of anilines is 1. The van der Waals surface area contributed by atoms with Crippen LogP contribution in [0.15, 0.2) is 59.5 Å². The van der Waals surface area contributed by atoms with Gasteiger partial charge in [-0.25, -0.2) is 14.5 Å². The number of carbonyl (C=O) groups excluding carboxylic acids is 2. The Morgan fingerprint density at radius 1 is 1.10 bits per heavy atom. The first-order chi connectivity index (χ1) is 14.6. The van der Waals surface area contributed by atoms with Gasteiger partial charge in [-0.05, 0) is 37.1 Å². The number of benzene rings is 1. The fourth-order valence-corrected chi connectivity index (χ4v) is 4.52. The highest BCUT2D eigenvalue weighted by molar-refractivity contribution is 5.92. The number of nitrogens with zero attached hydrogens (tertiary/aromatic N) is 4. The van der Waals surface area contributed by atoms with E-state index in [0.29, 0.717) is 31.1 Å². The van der Waals surface area contributed by atoms with Crippen LogP contribution in [-0.2, 0) is 6.54 Å². The molecule has 2 aromatic heterocycles. The van der Waals surface area contributed by atoms with Crippen LogP contribution in [0.5, 0.6) is 0 Å². The quantitative estimate of drug-likeness (QED) is 0.696. The van der Waals surface area contributed by atoms with E-state index in [1.54, 1.807) is 17.0 Å². The van der Waals surface area contributed by atoms with Crippen molar-refractivity contribution in [2.75, 3.05) is 18.4 Å². The molecule has 1 saturated heterocycles. The van der Waals surface area contributed by atoms with Crippen molar-refractivity contribution < 1.29 is 14.0 Å². The van der Waals surface area contributed by atoms with Gasteiger partial charge in [0, 0.05) is 30.7 Å². The molecule has 3 amide bonds. The summed E-state index contributed by atoms with van der Waals surface area (Å²) in [7, 11) is 0. The Morgan fingerprint density at radius 3 is 2.73 bits per heavy atom. The van der Waals surface area contributed by atoms with Crippen molar-refractivity contribution in [1.29, 1.82) is 0 Å². The topological polar surface area (TPSA) is 105 Å². The van der Waals surface area contributed by atoms with Crippen molar-refractivity contribution in [2.45, 2.75) is 25.4 Å². The highest BCUT2D eigenvalue weighted by Gasteiger charge is 2.51. The predicted octanol–water partition coefficient (Wildman–Crippen LogP) is 2.67. The van der Waals surface area contributed by atoms with E-state index in [9.17, 15) is 9.59 Å². The van der Waals surface area contributed by atoms with Crippen molar-refractivity contribution in [3.8, 4) is 0 Å². The lowest BCUT2D eigenvalue weighted by atomic mass is 9.74. The third-order valence-corrected chi connectivity index (χ3v) is 6.05. The number of likely N-dealkylation sites (tertiary alicyclic amines) is 1. The average Bonchev–Trinajstić information content (AvgIpc) is 3.52. The molecule has 1 spiro atoms. The second-order valence-electron chi connectivity index (χ2n) is 7.81. The van der Waals surface area contributed by atoms with E-state index in [0.717, 1.165) is 18.7 Å². The number of amides is 3. The molecular weight excluding hydrogens is 384 g/mol. The van der Waals surface area contributed by atoms with E-state index in [2.05, 4.69) is 20.7 Å². The number of aromatic nitrogens is 3. The molecule has 154 valence electrons. The SMILES string of the molecule is O=C(Nc1ccccc1)NC1c2ncnn2CCC12CCN(C(=O)c1ccco1)C2. The first-order valence-corrected chi connectivity index (χ1v) is 9.98. The Morgan fingerprint density at radius 2 is 1.93 bits per heavy atom. The number of urea groups is 1. The smallest absolute Gasteiger partial charge is 0.319 e. The first-order valence-electron chi connectivity index (χ1n) is 9.98. The molecule has 2 unspecified atom stereocenters. The largest absolute Gasteiger partial charge is 0.459 e. The summed E-state index contributed by atoms with van der Waals surface area (Å²) >= 11 is 0. The molecule has 4 heterocycles. The third kappa shape index (κ3) is 3.22. The number of para-hydroxylation sites is 1. The molecule has 0 saturated carbocycles. The Labute approximate surface area is 173 Å². The summed E-state index contributed by atoms with van der Waals surface area (Å²) in [5.41, 5.74) is 0.404. The lowest BCUT2D eigenvalue weighted by Gasteiger charge is -2.40. The van der Waals surface area contributed by atoms with Gasteiger partial charge in [0.1, 0.15) is 12.2 Å². The molecule has 5 rings (SSSR count). The third-order valence-electron chi connectivity index (χ3n) is 6.05. The highest BCUT2D eigenvalue weighted by Crippen LogP contribution is 2.47. The molecule has 1 fully saturated rings. The van der Waals surface area contributed by atoms with Crippen molar-refractivity contribution in [1.82, 2.24) is 25.0 Å². The van der Waals surface area contributed by atoms with Crippen molar-refractivity contribution >= 4 is 17.6 Å². The van der Waals surface area contributed by atoms with E-state index < -0.39 is 0 Å². The van der Waals surface area contributed by atoms with Crippen LogP contribution in [-0.4, -0.2) is 44.7 Å². The zero-order chi connectivity index (χ0) is 20.6. The monoisotopic (exact) mass is 406 g/mol. The molecule has 0 aliphatic carbocycles. The van der Waals surface area contributed by atoms with Gasteiger partial charge >= 0.3 is 6.03 Å². The minimum atomic E-state index is -0.355. The Bertz CT molecular complexity index is 1050. The van der Waals surface area contributed by atoms with Gasteiger partial charge in [-0.15, -0.1) is 0 Å². The van der Waals surface area contributed by atoms with Gasteiger partial charge in [0.15, 0.2) is 5.76 Å². The Balaban J connectivity index is 1.38. The van der Waals surface area contributed by atoms with Crippen LogP contribution in [0.25, 0.3) is 0 Å². The number of carbonyl (C=O) groups is 2. The summed E-state index contributed by atoms with van der Waals surface area (Å²) in [6, 6.07) is 12.0. The predicted molar refractivity (Wildman–Crippen MR) is 108 cm³/mol. The molecular formula is C21H22N6O3. The first kappa shape index (κ1) is 18.4. The maximum absolute atomic E-state index is 12.8. The summed E-state index contributed by atoms with van der Waals surface area (Å²) in [6.45, 7) is 1.83. The number of fused-ring (bicyclic) bond motifs is 1. The number of rotatable bonds is 3. The molecule has 30 heavy (non-hydrogen) atoms. The summed E-state index contributed by atoms with van der Waals surface area (Å²) in [5, 5.41) is 10.3.